The molecule has 1 aromatic heterocycles. The van der Waals surface area contributed by atoms with Gasteiger partial charge in [0.2, 0.25) is 0 Å². The van der Waals surface area contributed by atoms with Crippen LogP contribution in [0.25, 0.3) is 54.7 Å². The average molecular weight is 522 g/mol. The molecule has 0 saturated heterocycles. The van der Waals surface area contributed by atoms with Crippen molar-refractivity contribution in [2.45, 2.75) is 65.1 Å². The van der Waals surface area contributed by atoms with Crippen LogP contribution in [-0.2, 0) is 10.8 Å². The predicted molar refractivity (Wildman–Crippen MR) is 171 cm³/mol. The minimum atomic E-state index is -1.45. The molecular weight excluding hydrogens is 487 g/mol. The monoisotopic (exact) mass is 521 g/mol. The van der Waals surface area contributed by atoms with Gasteiger partial charge in [-0.15, -0.1) is 0 Å². The maximum atomic E-state index is 5.12. The van der Waals surface area contributed by atoms with Crippen LogP contribution in [0.2, 0.25) is 19.6 Å². The molecule has 0 atom stereocenters. The molecule has 2 aliphatic rings. The van der Waals surface area contributed by atoms with Gasteiger partial charge in [0.05, 0.1) is 13.8 Å². The zero-order valence-electron chi connectivity index (χ0n) is 24.3. The second-order valence-corrected chi connectivity index (χ2v) is 19.2. The highest BCUT2D eigenvalue weighted by Gasteiger charge is 2.40. The number of nitrogens with zero attached hydrogens (tertiary/aromatic N) is 1. The molecule has 6 aromatic rings. The minimum Gasteiger partial charge on any atom is -0.253 e. The van der Waals surface area contributed by atoms with E-state index >= 15 is 0 Å². The van der Waals surface area contributed by atoms with E-state index < -0.39 is 8.07 Å². The van der Waals surface area contributed by atoms with Crippen molar-refractivity contribution in [1.82, 2.24) is 4.98 Å². The number of hydrogen-bond acceptors (Lipinski definition) is 1. The van der Waals surface area contributed by atoms with Crippen LogP contribution in [0.5, 0.6) is 0 Å². The fourth-order valence-corrected chi connectivity index (χ4v) is 8.95. The van der Waals surface area contributed by atoms with Crippen molar-refractivity contribution in [3.63, 3.8) is 0 Å². The first kappa shape index (κ1) is 23.4. The number of fused-ring (bicyclic) bond motifs is 8. The van der Waals surface area contributed by atoms with Crippen molar-refractivity contribution < 1.29 is 0 Å². The number of aromatic nitrogens is 1. The van der Waals surface area contributed by atoms with Crippen molar-refractivity contribution in [2.75, 3.05) is 0 Å². The lowest BCUT2D eigenvalue weighted by molar-refractivity contribution is 0.659. The van der Waals surface area contributed by atoms with E-state index in [1.54, 1.807) is 0 Å². The van der Waals surface area contributed by atoms with E-state index in [2.05, 4.69) is 121 Å². The van der Waals surface area contributed by atoms with Crippen molar-refractivity contribution in [2.24, 2.45) is 0 Å². The summed E-state index contributed by atoms with van der Waals surface area (Å²) in [4.78, 5) is 5.12. The Bertz CT molecular complexity index is 2050. The molecule has 0 aliphatic heterocycles. The van der Waals surface area contributed by atoms with Crippen molar-refractivity contribution in [3.05, 3.63) is 94.7 Å². The normalized spacial score (nSPS) is 16.6. The van der Waals surface area contributed by atoms with Crippen molar-refractivity contribution >= 4 is 45.6 Å². The minimum absolute atomic E-state index is 0.0151. The SMILES string of the molecule is Cc1ccc2c(n1)-c1c(cc3ccc4c5c(cc6ccc1c3c64)C(C)(C)c1ccc([Si](C)(C)C)cc1-5)C2(C)C. The number of aryl methyl sites for hydroxylation is 1. The van der Waals surface area contributed by atoms with Crippen molar-refractivity contribution in [3.8, 4) is 22.4 Å². The maximum absolute atomic E-state index is 5.12. The third kappa shape index (κ3) is 2.78. The molecular formula is C37H35NSi. The first-order chi connectivity index (χ1) is 18.4. The van der Waals surface area contributed by atoms with E-state index in [-0.39, 0.29) is 10.8 Å². The van der Waals surface area contributed by atoms with Crippen LogP contribution in [0.15, 0.2) is 66.7 Å². The third-order valence-electron chi connectivity index (χ3n) is 10.0. The quantitative estimate of drug-likeness (QED) is 0.155. The summed E-state index contributed by atoms with van der Waals surface area (Å²) >= 11 is 0. The number of hydrogen-bond donors (Lipinski definition) is 0. The van der Waals surface area contributed by atoms with Crippen LogP contribution in [0.4, 0.5) is 0 Å². The highest BCUT2D eigenvalue weighted by Crippen LogP contribution is 2.56. The van der Waals surface area contributed by atoms with E-state index in [4.69, 9.17) is 4.98 Å². The summed E-state index contributed by atoms with van der Waals surface area (Å²) in [7, 11) is -1.45. The van der Waals surface area contributed by atoms with Gasteiger partial charge in [-0.25, -0.2) is 0 Å². The highest BCUT2D eigenvalue weighted by atomic mass is 28.3. The molecule has 1 nitrogen and oxygen atoms in total. The summed E-state index contributed by atoms with van der Waals surface area (Å²) in [5.41, 5.74) is 12.1. The molecule has 0 bridgehead atoms. The zero-order chi connectivity index (χ0) is 27.2. The summed E-state index contributed by atoms with van der Waals surface area (Å²) in [5, 5.41) is 9.77. The van der Waals surface area contributed by atoms with Gasteiger partial charge in [-0.1, -0.05) is 101 Å². The lowest BCUT2D eigenvalue weighted by Gasteiger charge is -2.24. The zero-order valence-corrected chi connectivity index (χ0v) is 25.3. The lowest BCUT2D eigenvalue weighted by atomic mass is 9.79. The number of rotatable bonds is 1. The fourth-order valence-electron chi connectivity index (χ4n) is 7.79. The Hall–Kier alpha value is -3.49. The van der Waals surface area contributed by atoms with Crippen LogP contribution >= 0.6 is 0 Å². The fraction of sp³-hybridized carbons (Fsp3) is 0.270. The van der Waals surface area contributed by atoms with E-state index in [1.807, 2.05) is 0 Å². The molecule has 0 unspecified atom stereocenters. The lowest BCUT2D eigenvalue weighted by Crippen LogP contribution is -2.37. The summed E-state index contributed by atoms with van der Waals surface area (Å²) in [6.45, 7) is 19.0. The first-order valence-corrected chi connectivity index (χ1v) is 17.8. The van der Waals surface area contributed by atoms with Gasteiger partial charge in [0.15, 0.2) is 0 Å². The van der Waals surface area contributed by atoms with E-state index in [0.29, 0.717) is 0 Å². The average Bonchev–Trinajstić information content (AvgIpc) is 3.24. The Morgan fingerprint density at radius 2 is 1.15 bits per heavy atom. The van der Waals surface area contributed by atoms with E-state index in [1.165, 1.54) is 82.1 Å². The van der Waals surface area contributed by atoms with E-state index in [0.717, 1.165) is 5.69 Å². The molecule has 39 heavy (non-hydrogen) atoms. The van der Waals surface area contributed by atoms with Gasteiger partial charge in [0.25, 0.3) is 0 Å². The summed E-state index contributed by atoms with van der Waals surface area (Å²) in [6, 6.07) is 26.3. The second-order valence-electron chi connectivity index (χ2n) is 14.1. The molecule has 5 aromatic carbocycles. The van der Waals surface area contributed by atoms with E-state index in [9.17, 15) is 0 Å². The Labute approximate surface area is 232 Å². The smallest absolute Gasteiger partial charge is 0.0776 e. The molecule has 0 fully saturated rings. The molecule has 0 N–H and O–H groups in total. The Morgan fingerprint density at radius 3 is 1.79 bits per heavy atom. The standard InChI is InChI=1S/C37H35NSi/c1-20-9-15-28-35(38-20)34-25-14-11-21-17-29-33(26-19-23(39(6,7)8)12-16-27(26)36(29,2)3)24-13-10-22(32(25)31(21)24)18-30(34)37(28,4)5/h9-19H,1-8H3. The molecule has 0 amide bonds. The molecule has 192 valence electrons. The summed E-state index contributed by atoms with van der Waals surface area (Å²) in [6.07, 6.45) is 0. The Kier molecular flexibility index (Phi) is 4.19. The molecule has 1 heterocycles. The van der Waals surface area contributed by atoms with Crippen LogP contribution < -0.4 is 5.19 Å². The Balaban J connectivity index is 1.53. The van der Waals surface area contributed by atoms with Gasteiger partial charge >= 0.3 is 0 Å². The largest absolute Gasteiger partial charge is 0.253 e. The third-order valence-corrected chi connectivity index (χ3v) is 12.1. The van der Waals surface area contributed by atoms with Gasteiger partial charge < -0.3 is 0 Å². The number of pyridine rings is 1. The molecule has 2 aliphatic carbocycles. The second kappa shape index (κ2) is 6.98. The van der Waals surface area contributed by atoms with Crippen LogP contribution in [0.3, 0.4) is 0 Å². The van der Waals surface area contributed by atoms with Gasteiger partial charge in [0, 0.05) is 22.1 Å². The summed E-state index contributed by atoms with van der Waals surface area (Å²) in [5.74, 6) is 0. The highest BCUT2D eigenvalue weighted by molar-refractivity contribution is 6.88. The molecule has 0 radical (unpaired) electrons. The predicted octanol–water partition coefficient (Wildman–Crippen LogP) is 9.45. The number of benzene rings is 5. The molecule has 8 rings (SSSR count). The Morgan fingerprint density at radius 1 is 0.590 bits per heavy atom. The van der Waals surface area contributed by atoms with Gasteiger partial charge in [-0.2, -0.15) is 0 Å². The van der Waals surface area contributed by atoms with Crippen LogP contribution in [0.1, 0.15) is 55.6 Å². The molecule has 2 heteroatoms. The van der Waals surface area contributed by atoms with Crippen molar-refractivity contribution in [1.29, 1.82) is 0 Å². The molecule has 0 spiro atoms. The van der Waals surface area contributed by atoms with Crippen LogP contribution in [-0.4, -0.2) is 13.1 Å². The van der Waals surface area contributed by atoms with Gasteiger partial charge in [0.1, 0.15) is 0 Å². The summed E-state index contributed by atoms with van der Waals surface area (Å²) < 4.78 is 0. The van der Waals surface area contributed by atoms with Crippen LogP contribution in [0, 0.1) is 6.92 Å². The van der Waals surface area contributed by atoms with Gasteiger partial charge in [-0.3, -0.25) is 4.98 Å². The first-order valence-electron chi connectivity index (χ1n) is 14.3. The van der Waals surface area contributed by atoms with Gasteiger partial charge in [-0.05, 0) is 90.8 Å². The maximum Gasteiger partial charge on any atom is 0.0776 e. The molecule has 0 saturated carbocycles. The topological polar surface area (TPSA) is 12.9 Å².